The maximum absolute atomic E-state index is 11.8. The molecule has 6 nitrogen and oxygen atoms in total. The van der Waals surface area contributed by atoms with Crippen molar-refractivity contribution in [3.05, 3.63) is 59.4 Å². The van der Waals surface area contributed by atoms with E-state index in [0.29, 0.717) is 5.56 Å². The first-order valence-corrected chi connectivity index (χ1v) is 6.85. The second kappa shape index (κ2) is 7.21. The molecular weight excluding hydrogens is 282 g/mol. The fraction of sp³-hybridized carbons (Fsp3) is 0.188. The van der Waals surface area contributed by atoms with Crippen LogP contribution < -0.4 is 10.6 Å². The molecule has 1 aromatic carbocycles. The van der Waals surface area contributed by atoms with E-state index in [9.17, 15) is 14.7 Å². The van der Waals surface area contributed by atoms with Gasteiger partial charge in [0.05, 0.1) is 11.1 Å². The third-order valence-corrected chi connectivity index (χ3v) is 3.02. The second-order valence-electron chi connectivity index (χ2n) is 4.72. The number of pyridine rings is 1. The SMILES string of the molecule is Cc1ccc(C(=O)NCCNC(=O)c2ccccc2O)cn1. The highest BCUT2D eigenvalue weighted by molar-refractivity contribution is 5.97. The molecule has 0 saturated heterocycles. The van der Waals surface area contributed by atoms with E-state index < -0.39 is 0 Å². The summed E-state index contributed by atoms with van der Waals surface area (Å²) in [6, 6.07) is 9.73. The van der Waals surface area contributed by atoms with Gasteiger partial charge < -0.3 is 15.7 Å². The van der Waals surface area contributed by atoms with Gasteiger partial charge in [-0.15, -0.1) is 0 Å². The highest BCUT2D eigenvalue weighted by Gasteiger charge is 2.09. The van der Waals surface area contributed by atoms with Crippen molar-refractivity contribution < 1.29 is 14.7 Å². The van der Waals surface area contributed by atoms with Crippen molar-refractivity contribution in [1.29, 1.82) is 0 Å². The maximum Gasteiger partial charge on any atom is 0.255 e. The summed E-state index contributed by atoms with van der Waals surface area (Å²) in [5.41, 5.74) is 1.51. The zero-order chi connectivity index (χ0) is 15.9. The summed E-state index contributed by atoms with van der Waals surface area (Å²) in [5.74, 6) is -0.705. The summed E-state index contributed by atoms with van der Waals surface area (Å²) < 4.78 is 0. The quantitative estimate of drug-likeness (QED) is 0.725. The van der Waals surface area contributed by atoms with Crippen molar-refractivity contribution in [2.45, 2.75) is 6.92 Å². The molecule has 0 aliphatic heterocycles. The molecule has 1 aromatic heterocycles. The van der Waals surface area contributed by atoms with Crippen LogP contribution in [0.15, 0.2) is 42.6 Å². The third kappa shape index (κ3) is 4.05. The minimum absolute atomic E-state index is 0.0743. The van der Waals surface area contributed by atoms with E-state index in [2.05, 4.69) is 15.6 Å². The van der Waals surface area contributed by atoms with Crippen molar-refractivity contribution in [2.24, 2.45) is 0 Å². The number of aryl methyl sites for hydroxylation is 1. The van der Waals surface area contributed by atoms with Gasteiger partial charge in [0.1, 0.15) is 5.75 Å². The van der Waals surface area contributed by atoms with E-state index in [4.69, 9.17) is 0 Å². The van der Waals surface area contributed by atoms with E-state index in [1.807, 2.05) is 6.92 Å². The minimum Gasteiger partial charge on any atom is -0.507 e. The molecular formula is C16H17N3O3. The number of aromatic nitrogens is 1. The van der Waals surface area contributed by atoms with E-state index in [0.717, 1.165) is 5.69 Å². The van der Waals surface area contributed by atoms with Crippen molar-refractivity contribution >= 4 is 11.8 Å². The number of hydrogen-bond donors (Lipinski definition) is 3. The highest BCUT2D eigenvalue weighted by atomic mass is 16.3. The number of phenolic OH excluding ortho intramolecular Hbond substituents is 1. The molecule has 0 bridgehead atoms. The van der Waals surface area contributed by atoms with Crippen LogP contribution in [0.4, 0.5) is 0 Å². The molecule has 2 rings (SSSR count). The Morgan fingerprint density at radius 3 is 2.36 bits per heavy atom. The van der Waals surface area contributed by atoms with Gasteiger partial charge in [-0.05, 0) is 31.2 Å². The Balaban J connectivity index is 1.77. The van der Waals surface area contributed by atoms with Crippen molar-refractivity contribution in [1.82, 2.24) is 15.6 Å². The molecule has 0 radical (unpaired) electrons. The van der Waals surface area contributed by atoms with Crippen LogP contribution in [0.1, 0.15) is 26.4 Å². The molecule has 0 spiro atoms. The maximum atomic E-state index is 11.8. The Bertz CT molecular complexity index is 669. The summed E-state index contributed by atoms with van der Waals surface area (Å²) in [4.78, 5) is 27.7. The zero-order valence-corrected chi connectivity index (χ0v) is 12.2. The average molecular weight is 299 g/mol. The van der Waals surface area contributed by atoms with E-state index in [1.54, 1.807) is 24.3 Å². The van der Waals surface area contributed by atoms with Gasteiger partial charge >= 0.3 is 0 Å². The second-order valence-corrected chi connectivity index (χ2v) is 4.72. The summed E-state index contributed by atoms with van der Waals surface area (Å²) in [7, 11) is 0. The monoisotopic (exact) mass is 299 g/mol. The fourth-order valence-electron chi connectivity index (χ4n) is 1.82. The normalized spacial score (nSPS) is 10.0. The lowest BCUT2D eigenvalue weighted by Gasteiger charge is -2.08. The van der Waals surface area contributed by atoms with Crippen molar-refractivity contribution in [3.63, 3.8) is 0 Å². The van der Waals surface area contributed by atoms with Crippen LogP contribution in [0.3, 0.4) is 0 Å². The number of amides is 2. The molecule has 0 saturated carbocycles. The molecule has 0 aliphatic rings. The van der Waals surface area contributed by atoms with Crippen LogP contribution in [0.2, 0.25) is 0 Å². The minimum atomic E-state index is -0.385. The van der Waals surface area contributed by atoms with Crippen molar-refractivity contribution in [3.8, 4) is 5.75 Å². The lowest BCUT2D eigenvalue weighted by atomic mass is 10.2. The third-order valence-electron chi connectivity index (χ3n) is 3.02. The van der Waals surface area contributed by atoms with E-state index >= 15 is 0 Å². The first-order chi connectivity index (χ1) is 10.6. The number of phenols is 1. The number of para-hydroxylation sites is 1. The predicted octanol–water partition coefficient (Wildman–Crippen LogP) is 1.26. The topological polar surface area (TPSA) is 91.3 Å². The molecule has 1 heterocycles. The highest BCUT2D eigenvalue weighted by Crippen LogP contribution is 2.14. The first kappa shape index (κ1) is 15.5. The van der Waals surface area contributed by atoms with Crippen LogP contribution in [0.25, 0.3) is 0 Å². The Morgan fingerprint density at radius 2 is 1.73 bits per heavy atom. The molecule has 3 N–H and O–H groups in total. The van der Waals surface area contributed by atoms with Gasteiger partial charge in [-0.1, -0.05) is 12.1 Å². The van der Waals surface area contributed by atoms with Crippen LogP contribution >= 0.6 is 0 Å². The predicted molar refractivity (Wildman–Crippen MR) is 81.7 cm³/mol. The molecule has 6 heteroatoms. The van der Waals surface area contributed by atoms with Gasteiger partial charge in [-0.2, -0.15) is 0 Å². The van der Waals surface area contributed by atoms with Gasteiger partial charge in [-0.3, -0.25) is 14.6 Å². The zero-order valence-electron chi connectivity index (χ0n) is 12.2. The van der Waals surface area contributed by atoms with E-state index in [-0.39, 0.29) is 36.2 Å². The van der Waals surface area contributed by atoms with E-state index in [1.165, 1.54) is 18.3 Å². The van der Waals surface area contributed by atoms with Crippen LogP contribution in [0.5, 0.6) is 5.75 Å². The lowest BCUT2D eigenvalue weighted by molar-refractivity contribution is 0.0926. The number of benzene rings is 1. The number of rotatable bonds is 5. The number of carbonyl (C=O) groups is 2. The summed E-state index contributed by atoms with van der Waals surface area (Å²) in [6.45, 7) is 2.39. The van der Waals surface area contributed by atoms with Crippen molar-refractivity contribution in [2.75, 3.05) is 13.1 Å². The number of carbonyl (C=O) groups excluding carboxylic acids is 2. The molecule has 114 valence electrons. The molecule has 0 aliphatic carbocycles. The van der Waals surface area contributed by atoms with Gasteiger partial charge in [0.25, 0.3) is 11.8 Å². The fourth-order valence-corrected chi connectivity index (χ4v) is 1.82. The van der Waals surface area contributed by atoms with Gasteiger partial charge in [0.2, 0.25) is 0 Å². The Morgan fingerprint density at radius 1 is 1.05 bits per heavy atom. The Kier molecular flexibility index (Phi) is 5.08. The van der Waals surface area contributed by atoms with Crippen LogP contribution in [-0.4, -0.2) is 35.0 Å². The molecule has 0 fully saturated rings. The summed E-state index contributed by atoms with van der Waals surface area (Å²) in [5, 5.41) is 14.9. The summed E-state index contributed by atoms with van der Waals surface area (Å²) >= 11 is 0. The largest absolute Gasteiger partial charge is 0.507 e. The van der Waals surface area contributed by atoms with Crippen LogP contribution in [0, 0.1) is 6.92 Å². The Labute approximate surface area is 128 Å². The average Bonchev–Trinajstić information content (AvgIpc) is 2.52. The Hall–Kier alpha value is -2.89. The van der Waals surface area contributed by atoms with Gasteiger partial charge in [0.15, 0.2) is 0 Å². The molecule has 2 amide bonds. The number of hydrogen-bond acceptors (Lipinski definition) is 4. The van der Waals surface area contributed by atoms with Gasteiger partial charge in [-0.25, -0.2) is 0 Å². The standard InChI is InChI=1S/C16H17N3O3/c1-11-6-7-12(10-19-11)15(21)17-8-9-18-16(22)13-4-2-3-5-14(13)20/h2-7,10,20H,8-9H2,1H3,(H,17,21)(H,18,22). The number of nitrogens with one attached hydrogen (secondary N) is 2. The first-order valence-electron chi connectivity index (χ1n) is 6.85. The summed E-state index contributed by atoms with van der Waals surface area (Å²) in [6.07, 6.45) is 1.51. The number of nitrogens with zero attached hydrogens (tertiary/aromatic N) is 1. The lowest BCUT2D eigenvalue weighted by Crippen LogP contribution is -2.34. The molecule has 0 unspecified atom stereocenters. The van der Waals surface area contributed by atoms with Gasteiger partial charge in [0, 0.05) is 25.0 Å². The molecule has 2 aromatic rings. The van der Waals surface area contributed by atoms with Crippen LogP contribution in [-0.2, 0) is 0 Å². The number of aromatic hydroxyl groups is 1. The molecule has 0 atom stereocenters. The smallest absolute Gasteiger partial charge is 0.255 e. The molecule has 22 heavy (non-hydrogen) atoms.